The van der Waals surface area contributed by atoms with E-state index in [0.29, 0.717) is 31.8 Å². The van der Waals surface area contributed by atoms with Gasteiger partial charge in [0.05, 0.1) is 19.3 Å². The van der Waals surface area contributed by atoms with Gasteiger partial charge >= 0.3 is 5.97 Å². The number of carboxylic acids is 1. The van der Waals surface area contributed by atoms with E-state index in [-0.39, 0.29) is 18.6 Å². The molecule has 1 atom stereocenters. The summed E-state index contributed by atoms with van der Waals surface area (Å²) in [5.74, 6) is -0.867. The van der Waals surface area contributed by atoms with Crippen molar-refractivity contribution in [1.29, 1.82) is 0 Å². The van der Waals surface area contributed by atoms with Crippen LogP contribution in [0.4, 0.5) is 0 Å². The first-order chi connectivity index (χ1) is 13.4. The van der Waals surface area contributed by atoms with E-state index in [2.05, 4.69) is 18.7 Å². The van der Waals surface area contributed by atoms with Crippen molar-refractivity contribution >= 4 is 11.9 Å². The summed E-state index contributed by atoms with van der Waals surface area (Å²) < 4.78 is 5.71. The van der Waals surface area contributed by atoms with Crippen molar-refractivity contribution in [3.05, 3.63) is 35.4 Å². The Morgan fingerprint density at radius 3 is 2.57 bits per heavy atom. The van der Waals surface area contributed by atoms with Gasteiger partial charge < -0.3 is 14.7 Å². The maximum absolute atomic E-state index is 12.9. The van der Waals surface area contributed by atoms with Gasteiger partial charge in [0.2, 0.25) is 0 Å². The minimum atomic E-state index is -0.869. The minimum Gasteiger partial charge on any atom is -0.480 e. The molecule has 2 rings (SSSR count). The van der Waals surface area contributed by atoms with Crippen LogP contribution < -0.4 is 0 Å². The van der Waals surface area contributed by atoms with Crippen LogP contribution in [0.25, 0.3) is 0 Å². The average molecular weight is 392 g/mol. The average Bonchev–Trinajstić information content (AvgIpc) is 2.67. The SMILES string of the molecule is CCCN(CC)Cc1ccc(C(=O)N2CCOC(CN(C)CC(=O)O)C2)cc1. The van der Waals surface area contributed by atoms with Gasteiger partial charge in [-0.05, 0) is 44.3 Å². The predicted octanol–water partition coefficient (Wildman–Crippen LogP) is 1.78. The van der Waals surface area contributed by atoms with Crippen molar-refractivity contribution in [3.63, 3.8) is 0 Å². The first-order valence-corrected chi connectivity index (χ1v) is 10.0. The molecule has 0 aliphatic carbocycles. The second kappa shape index (κ2) is 11.1. The van der Waals surface area contributed by atoms with Gasteiger partial charge in [-0.3, -0.25) is 19.4 Å². The van der Waals surface area contributed by atoms with Crippen molar-refractivity contribution in [2.24, 2.45) is 0 Å². The summed E-state index contributed by atoms with van der Waals surface area (Å²) in [6.45, 7) is 9.27. The number of nitrogens with zero attached hydrogens (tertiary/aromatic N) is 3. The van der Waals surface area contributed by atoms with Crippen LogP contribution >= 0.6 is 0 Å². The molecule has 0 bridgehead atoms. The topological polar surface area (TPSA) is 73.3 Å². The molecule has 1 saturated heterocycles. The highest BCUT2D eigenvalue weighted by molar-refractivity contribution is 5.94. The fourth-order valence-electron chi connectivity index (χ4n) is 3.52. The Balaban J connectivity index is 1.92. The van der Waals surface area contributed by atoms with E-state index in [1.807, 2.05) is 24.3 Å². The van der Waals surface area contributed by atoms with Crippen LogP contribution in [0.5, 0.6) is 0 Å². The van der Waals surface area contributed by atoms with E-state index in [4.69, 9.17) is 9.84 Å². The summed E-state index contributed by atoms with van der Waals surface area (Å²) in [6.07, 6.45) is 0.957. The fraction of sp³-hybridized carbons (Fsp3) is 0.619. The number of rotatable bonds is 10. The lowest BCUT2D eigenvalue weighted by molar-refractivity contribution is -0.138. The van der Waals surface area contributed by atoms with Crippen LogP contribution in [-0.2, 0) is 16.1 Å². The Kier molecular flexibility index (Phi) is 8.89. The van der Waals surface area contributed by atoms with Crippen LogP contribution in [0, 0.1) is 0 Å². The van der Waals surface area contributed by atoms with E-state index in [9.17, 15) is 9.59 Å². The molecule has 1 N–H and O–H groups in total. The zero-order valence-corrected chi connectivity index (χ0v) is 17.3. The third-order valence-corrected chi connectivity index (χ3v) is 4.94. The monoisotopic (exact) mass is 391 g/mol. The van der Waals surface area contributed by atoms with Crippen LogP contribution in [-0.4, -0.2) is 90.7 Å². The van der Waals surface area contributed by atoms with E-state index >= 15 is 0 Å². The zero-order valence-electron chi connectivity index (χ0n) is 17.3. The molecule has 0 spiro atoms. The van der Waals surface area contributed by atoms with Gasteiger partial charge in [-0.1, -0.05) is 26.0 Å². The molecule has 1 aliphatic rings. The van der Waals surface area contributed by atoms with Gasteiger partial charge in [-0.15, -0.1) is 0 Å². The van der Waals surface area contributed by atoms with Crippen molar-refractivity contribution in [1.82, 2.24) is 14.7 Å². The highest BCUT2D eigenvalue weighted by atomic mass is 16.5. The van der Waals surface area contributed by atoms with Crippen molar-refractivity contribution in [2.75, 3.05) is 52.9 Å². The Bertz CT molecular complexity index is 635. The second-order valence-electron chi connectivity index (χ2n) is 7.40. The summed E-state index contributed by atoms with van der Waals surface area (Å²) in [5.41, 5.74) is 1.89. The molecule has 7 heteroatoms. The number of carboxylic acid groups (broad SMARTS) is 1. The van der Waals surface area contributed by atoms with Gasteiger partial charge in [0, 0.05) is 31.7 Å². The highest BCUT2D eigenvalue weighted by Gasteiger charge is 2.26. The largest absolute Gasteiger partial charge is 0.480 e. The summed E-state index contributed by atoms with van der Waals surface area (Å²) in [4.78, 5) is 29.5. The Morgan fingerprint density at radius 1 is 1.25 bits per heavy atom. The molecule has 7 nitrogen and oxygen atoms in total. The zero-order chi connectivity index (χ0) is 20.5. The number of hydrogen-bond donors (Lipinski definition) is 1. The molecule has 1 aliphatic heterocycles. The van der Waals surface area contributed by atoms with Crippen molar-refractivity contribution < 1.29 is 19.4 Å². The van der Waals surface area contributed by atoms with Gasteiger partial charge in [0.25, 0.3) is 5.91 Å². The molecule has 1 fully saturated rings. The van der Waals surface area contributed by atoms with E-state index in [1.165, 1.54) is 5.56 Å². The highest BCUT2D eigenvalue weighted by Crippen LogP contribution is 2.14. The number of carbonyl (C=O) groups excluding carboxylic acids is 1. The van der Waals surface area contributed by atoms with Crippen LogP contribution in [0.3, 0.4) is 0 Å². The minimum absolute atomic E-state index is 0.00152. The van der Waals surface area contributed by atoms with Gasteiger partial charge in [-0.25, -0.2) is 0 Å². The first kappa shape index (κ1) is 22.3. The molecule has 28 heavy (non-hydrogen) atoms. The summed E-state index contributed by atoms with van der Waals surface area (Å²) >= 11 is 0. The quantitative estimate of drug-likeness (QED) is 0.655. The molecule has 0 saturated carbocycles. The van der Waals surface area contributed by atoms with E-state index in [0.717, 1.165) is 26.1 Å². The number of aliphatic carboxylic acids is 1. The maximum atomic E-state index is 12.9. The second-order valence-corrected chi connectivity index (χ2v) is 7.40. The molecule has 0 radical (unpaired) electrons. The van der Waals surface area contributed by atoms with Crippen molar-refractivity contribution in [3.8, 4) is 0 Å². The Hall–Kier alpha value is -1.96. The third kappa shape index (κ3) is 6.89. The van der Waals surface area contributed by atoms with E-state index in [1.54, 1.807) is 16.8 Å². The number of morpholine rings is 1. The number of likely N-dealkylation sites (N-methyl/N-ethyl adjacent to an activating group) is 1. The third-order valence-electron chi connectivity index (χ3n) is 4.94. The van der Waals surface area contributed by atoms with Gasteiger partial charge in [-0.2, -0.15) is 0 Å². The molecule has 156 valence electrons. The lowest BCUT2D eigenvalue weighted by Crippen LogP contribution is -2.49. The predicted molar refractivity (Wildman–Crippen MR) is 108 cm³/mol. The summed E-state index contributed by atoms with van der Waals surface area (Å²) in [5, 5.41) is 8.87. The van der Waals surface area contributed by atoms with Gasteiger partial charge in [0.15, 0.2) is 0 Å². The number of ether oxygens (including phenoxy) is 1. The molecule has 1 aromatic rings. The first-order valence-electron chi connectivity index (χ1n) is 10.0. The molecule has 1 heterocycles. The number of amides is 1. The summed E-state index contributed by atoms with van der Waals surface area (Å²) in [7, 11) is 1.75. The standard InChI is InChI=1S/C21H33N3O4/c1-4-10-23(5-2)13-17-6-8-18(9-7-17)21(27)24-11-12-28-19(15-24)14-22(3)16-20(25)26/h6-9,19H,4-5,10-16H2,1-3H3,(H,25,26). The van der Waals surface area contributed by atoms with Crippen molar-refractivity contribution in [2.45, 2.75) is 32.9 Å². The van der Waals surface area contributed by atoms with Crippen LogP contribution in [0.15, 0.2) is 24.3 Å². The molecule has 1 aromatic carbocycles. The Morgan fingerprint density at radius 2 is 1.96 bits per heavy atom. The lowest BCUT2D eigenvalue weighted by atomic mass is 10.1. The van der Waals surface area contributed by atoms with Crippen LogP contribution in [0.1, 0.15) is 36.2 Å². The smallest absolute Gasteiger partial charge is 0.317 e. The molecule has 1 amide bonds. The van der Waals surface area contributed by atoms with Crippen LogP contribution in [0.2, 0.25) is 0 Å². The normalized spacial score (nSPS) is 17.3. The molecule has 0 aromatic heterocycles. The molecular weight excluding hydrogens is 358 g/mol. The van der Waals surface area contributed by atoms with E-state index < -0.39 is 5.97 Å². The summed E-state index contributed by atoms with van der Waals surface area (Å²) in [6, 6.07) is 7.87. The number of hydrogen-bond acceptors (Lipinski definition) is 5. The fourth-order valence-corrected chi connectivity index (χ4v) is 3.52. The van der Waals surface area contributed by atoms with Gasteiger partial charge in [0.1, 0.15) is 0 Å². The Labute approximate surface area is 167 Å². The maximum Gasteiger partial charge on any atom is 0.317 e. The number of benzene rings is 1. The number of carbonyl (C=O) groups is 2. The lowest BCUT2D eigenvalue weighted by Gasteiger charge is -2.34. The molecule has 1 unspecified atom stereocenters. The molecular formula is C21H33N3O4.